The predicted octanol–water partition coefficient (Wildman–Crippen LogP) is 4.28. The number of carbonyl (C=O) groups excluding carboxylic acids is 3. The van der Waals surface area contributed by atoms with E-state index in [1.165, 1.54) is 6.07 Å². The van der Waals surface area contributed by atoms with Gasteiger partial charge < -0.3 is 28.7 Å². The monoisotopic (exact) mass is 645 g/mol. The molecule has 45 heavy (non-hydrogen) atoms. The number of amides is 1. The van der Waals surface area contributed by atoms with Crippen LogP contribution in [0.1, 0.15) is 63.4 Å². The average Bonchev–Trinajstić information content (AvgIpc) is 3.58. The van der Waals surface area contributed by atoms with E-state index in [1.807, 2.05) is 30.0 Å². The van der Waals surface area contributed by atoms with Crippen molar-refractivity contribution in [3.63, 3.8) is 0 Å². The maximum absolute atomic E-state index is 12.2. The maximum Gasteiger partial charge on any atom is 0.336 e. The van der Waals surface area contributed by atoms with Crippen molar-refractivity contribution in [2.45, 2.75) is 75.5 Å². The summed E-state index contributed by atoms with van der Waals surface area (Å²) < 4.78 is 27.3. The first-order chi connectivity index (χ1) is 22.0. The number of nitrogens with one attached hydrogen (secondary N) is 1. The van der Waals surface area contributed by atoms with E-state index in [1.54, 1.807) is 6.07 Å². The van der Waals surface area contributed by atoms with Crippen LogP contribution >= 0.6 is 11.8 Å². The summed E-state index contributed by atoms with van der Waals surface area (Å²) in [5.41, 5.74) is 1.11. The van der Waals surface area contributed by atoms with Crippen molar-refractivity contribution in [1.29, 1.82) is 0 Å². The average molecular weight is 646 g/mol. The molecule has 2 aliphatic heterocycles. The molecular formula is C34H47NO9S. The van der Waals surface area contributed by atoms with Gasteiger partial charge in [-0.15, -0.1) is 0 Å². The van der Waals surface area contributed by atoms with Crippen LogP contribution in [0.3, 0.4) is 0 Å². The highest BCUT2D eigenvalue weighted by Crippen LogP contribution is 2.40. The molecule has 3 atom stereocenters. The lowest BCUT2D eigenvalue weighted by Gasteiger charge is -2.15. The molecule has 1 amide bonds. The summed E-state index contributed by atoms with van der Waals surface area (Å²) in [6.45, 7) is 3.65. The van der Waals surface area contributed by atoms with Crippen molar-refractivity contribution < 1.29 is 37.7 Å². The summed E-state index contributed by atoms with van der Waals surface area (Å²) in [5.74, 6) is 2.13. The number of fused-ring (bicyclic) bond motifs is 2. The molecule has 0 radical (unpaired) electrons. The second kappa shape index (κ2) is 19.8. The van der Waals surface area contributed by atoms with E-state index in [-0.39, 0.29) is 17.3 Å². The maximum atomic E-state index is 12.2. The number of ketones is 2. The molecule has 1 N–H and O–H groups in total. The Morgan fingerprint density at radius 1 is 0.778 bits per heavy atom. The van der Waals surface area contributed by atoms with Gasteiger partial charge in [-0.05, 0) is 43.4 Å². The zero-order valence-corrected chi connectivity index (χ0v) is 27.0. The van der Waals surface area contributed by atoms with Crippen molar-refractivity contribution >= 4 is 40.2 Å². The van der Waals surface area contributed by atoms with Gasteiger partial charge in [0.15, 0.2) is 0 Å². The number of hydrogen-bond acceptors (Lipinski definition) is 10. The smallest absolute Gasteiger partial charge is 0.336 e. The highest BCUT2D eigenvalue weighted by atomic mass is 32.2. The molecule has 2 saturated heterocycles. The molecule has 11 heteroatoms. The number of unbranched alkanes of at least 4 members (excludes halogenated alkanes) is 1. The molecule has 3 heterocycles. The lowest BCUT2D eigenvalue weighted by Crippen LogP contribution is -2.29. The summed E-state index contributed by atoms with van der Waals surface area (Å²) in [7, 11) is 0. The van der Waals surface area contributed by atoms with Crippen LogP contribution in [0.15, 0.2) is 39.5 Å². The van der Waals surface area contributed by atoms with E-state index >= 15 is 0 Å². The first-order valence-corrected chi connectivity index (χ1v) is 17.3. The number of benzene rings is 1. The standard InChI is InChI=1S/C34H47NO9S/c36-27(4-1-2-6-32-29-23-33(38)35-30(29)24-45-32)5-3-14-40-16-18-42-20-21-43-19-17-41-15-13-28(37)11-8-25-7-9-26-10-12-34(39)44-31(26)22-25/h7,9-10,12,22,29-30,32H,1-6,8,11,13-21,23-24H2,(H,35,38). The SMILES string of the molecule is O=C(CCCCC1SCC2NC(=O)CC21)CCCOCCOCCOCCOCCC(=O)CCc1ccc2ccc(=O)oc2c1. The van der Waals surface area contributed by atoms with Gasteiger partial charge in [0.2, 0.25) is 5.91 Å². The fourth-order valence-corrected chi connectivity index (χ4v) is 7.37. The van der Waals surface area contributed by atoms with E-state index in [4.69, 9.17) is 23.4 Å². The van der Waals surface area contributed by atoms with Crippen LogP contribution in [-0.4, -0.2) is 87.4 Å². The highest BCUT2D eigenvalue weighted by Gasteiger charge is 2.42. The van der Waals surface area contributed by atoms with Crippen molar-refractivity contribution in [2.75, 3.05) is 58.6 Å². The van der Waals surface area contributed by atoms with Crippen LogP contribution in [0.4, 0.5) is 0 Å². The van der Waals surface area contributed by atoms with Crippen LogP contribution in [0.2, 0.25) is 0 Å². The Morgan fingerprint density at radius 3 is 2.22 bits per heavy atom. The van der Waals surface area contributed by atoms with E-state index in [0.717, 1.165) is 42.4 Å². The molecule has 0 bridgehead atoms. The van der Waals surface area contributed by atoms with Crippen LogP contribution in [0, 0.1) is 5.92 Å². The molecule has 0 spiro atoms. The van der Waals surface area contributed by atoms with Gasteiger partial charge in [-0.2, -0.15) is 11.8 Å². The number of ether oxygens (including phenoxy) is 4. The summed E-state index contributed by atoms with van der Waals surface area (Å²) in [6, 6.07) is 9.13. The molecule has 3 unspecified atom stereocenters. The van der Waals surface area contributed by atoms with E-state index in [9.17, 15) is 19.2 Å². The Labute approximate surface area is 269 Å². The summed E-state index contributed by atoms with van der Waals surface area (Å²) in [5, 5.41) is 4.48. The van der Waals surface area contributed by atoms with Crippen molar-refractivity contribution in [3.8, 4) is 0 Å². The fourth-order valence-electron chi connectivity index (χ4n) is 5.71. The second-order valence-electron chi connectivity index (χ2n) is 11.7. The van der Waals surface area contributed by atoms with E-state index in [0.29, 0.717) is 120 Å². The lowest BCUT2D eigenvalue weighted by molar-refractivity contribution is -0.120. The van der Waals surface area contributed by atoms with E-state index < -0.39 is 0 Å². The number of aryl methyl sites for hydroxylation is 1. The first kappa shape index (κ1) is 35.3. The molecule has 1 aromatic carbocycles. The Hall–Kier alpha value is -2.57. The van der Waals surface area contributed by atoms with Gasteiger partial charge in [0.05, 0.1) is 46.2 Å². The van der Waals surface area contributed by atoms with Crippen LogP contribution in [-0.2, 0) is 39.8 Å². The molecule has 2 aromatic rings. The van der Waals surface area contributed by atoms with Gasteiger partial charge >= 0.3 is 5.63 Å². The van der Waals surface area contributed by atoms with Gasteiger partial charge in [-0.3, -0.25) is 14.4 Å². The lowest BCUT2D eigenvalue weighted by atomic mass is 9.94. The van der Waals surface area contributed by atoms with Crippen molar-refractivity contribution in [1.82, 2.24) is 5.32 Å². The molecule has 4 rings (SSSR count). The molecule has 0 saturated carbocycles. The van der Waals surface area contributed by atoms with Gasteiger partial charge in [0.25, 0.3) is 0 Å². The highest BCUT2D eigenvalue weighted by molar-refractivity contribution is 8.00. The van der Waals surface area contributed by atoms with Crippen molar-refractivity contribution in [3.05, 3.63) is 46.3 Å². The molecule has 10 nitrogen and oxygen atoms in total. The number of hydrogen-bond donors (Lipinski definition) is 1. The normalized spacial score (nSPS) is 19.2. The number of thioether (sulfide) groups is 1. The molecular weight excluding hydrogens is 598 g/mol. The quantitative estimate of drug-likeness (QED) is 0.130. The second-order valence-corrected chi connectivity index (χ2v) is 12.9. The Morgan fingerprint density at radius 2 is 1.44 bits per heavy atom. The van der Waals surface area contributed by atoms with E-state index in [2.05, 4.69) is 5.32 Å². The zero-order chi connectivity index (χ0) is 31.7. The number of rotatable bonds is 24. The molecule has 0 aliphatic carbocycles. The largest absolute Gasteiger partial charge is 0.423 e. The zero-order valence-electron chi connectivity index (χ0n) is 26.1. The molecule has 248 valence electrons. The van der Waals surface area contributed by atoms with Crippen LogP contribution < -0.4 is 10.9 Å². The summed E-state index contributed by atoms with van der Waals surface area (Å²) in [4.78, 5) is 47.3. The van der Waals surface area contributed by atoms with Gasteiger partial charge in [-0.1, -0.05) is 18.6 Å². The Kier molecular flexibility index (Phi) is 15.6. The minimum atomic E-state index is -0.385. The Balaban J connectivity index is 0.860. The van der Waals surface area contributed by atoms with Crippen LogP contribution in [0.5, 0.6) is 0 Å². The fraction of sp³-hybridized carbons (Fsp3) is 0.647. The van der Waals surface area contributed by atoms with Crippen LogP contribution in [0.25, 0.3) is 11.0 Å². The summed E-state index contributed by atoms with van der Waals surface area (Å²) in [6.07, 6.45) is 7.00. The van der Waals surface area contributed by atoms with Crippen molar-refractivity contribution in [2.24, 2.45) is 5.92 Å². The Bertz CT molecular complexity index is 1280. The summed E-state index contributed by atoms with van der Waals surface area (Å²) >= 11 is 1.97. The first-order valence-electron chi connectivity index (χ1n) is 16.3. The van der Waals surface area contributed by atoms with Gasteiger partial charge in [0, 0.05) is 73.1 Å². The van der Waals surface area contributed by atoms with Gasteiger partial charge in [-0.25, -0.2) is 4.79 Å². The third-order valence-electron chi connectivity index (χ3n) is 8.21. The minimum absolute atomic E-state index is 0.123. The molecule has 1 aromatic heterocycles. The third-order valence-corrected chi connectivity index (χ3v) is 9.78. The minimum Gasteiger partial charge on any atom is -0.423 e. The number of carbonyl (C=O) groups is 3. The van der Waals surface area contributed by atoms with Gasteiger partial charge in [0.1, 0.15) is 17.1 Å². The predicted molar refractivity (Wildman–Crippen MR) is 173 cm³/mol. The number of Topliss-reactive ketones (excluding diaryl/α,β-unsaturated/α-hetero) is 2. The third kappa shape index (κ3) is 13.0. The molecule has 2 fully saturated rings. The topological polar surface area (TPSA) is 130 Å². The molecule has 2 aliphatic rings.